The summed E-state index contributed by atoms with van der Waals surface area (Å²) in [4.78, 5) is 42.6. The van der Waals surface area contributed by atoms with Crippen LogP contribution >= 0.6 is 0 Å². The second-order valence-corrected chi connectivity index (χ2v) is 9.16. The molecule has 0 radical (unpaired) electrons. The number of ether oxygens (including phenoxy) is 2. The van der Waals surface area contributed by atoms with Gasteiger partial charge in [-0.15, -0.1) is 0 Å². The predicted octanol–water partition coefficient (Wildman–Crippen LogP) is 3.47. The quantitative estimate of drug-likeness (QED) is 0.282. The number of methoxy groups -OCH3 is 1. The van der Waals surface area contributed by atoms with E-state index in [0.29, 0.717) is 31.2 Å². The summed E-state index contributed by atoms with van der Waals surface area (Å²) in [6.45, 7) is 6.11. The van der Waals surface area contributed by atoms with Crippen molar-refractivity contribution in [1.82, 2.24) is 9.80 Å². The number of benzene rings is 1. The maximum atomic E-state index is 13.5. The van der Waals surface area contributed by atoms with Crippen molar-refractivity contribution in [3.05, 3.63) is 77.1 Å². The number of esters is 1. The molecule has 0 saturated carbocycles. The predicted molar refractivity (Wildman–Crippen MR) is 146 cm³/mol. The molecule has 2 aliphatic rings. The fraction of sp³-hybridized carbons (Fsp3) is 0.321. The highest BCUT2D eigenvalue weighted by Gasteiger charge is 2.45. The van der Waals surface area contributed by atoms with Gasteiger partial charge in [-0.05, 0) is 36.8 Å². The van der Waals surface area contributed by atoms with Crippen LogP contribution in [0.3, 0.4) is 0 Å². The Hall–Kier alpha value is -4.90. The van der Waals surface area contributed by atoms with Gasteiger partial charge in [0.2, 0.25) is 11.9 Å². The molecule has 11 nitrogen and oxygen atoms in total. The van der Waals surface area contributed by atoms with Crippen molar-refractivity contribution < 1.29 is 37.0 Å². The molecular formula is C28H29F3N6O5. The molecule has 3 rings (SSSR count). The zero-order valence-corrected chi connectivity index (χ0v) is 22.9. The summed E-state index contributed by atoms with van der Waals surface area (Å²) in [7, 11) is 1.07. The Bertz CT molecular complexity index is 1420. The van der Waals surface area contributed by atoms with Crippen LogP contribution in [-0.4, -0.2) is 73.1 Å². The summed E-state index contributed by atoms with van der Waals surface area (Å²) < 4.78 is 50.8. The van der Waals surface area contributed by atoms with Gasteiger partial charge in [-0.25, -0.2) is 9.59 Å². The van der Waals surface area contributed by atoms with Gasteiger partial charge in [0.1, 0.15) is 0 Å². The van der Waals surface area contributed by atoms with E-state index in [9.17, 15) is 32.8 Å². The fourth-order valence-corrected chi connectivity index (χ4v) is 4.62. The number of nitriles is 1. The molecule has 1 aromatic rings. The molecule has 0 bridgehead atoms. The smallest absolute Gasteiger partial charge is 0.416 e. The van der Waals surface area contributed by atoms with E-state index < -0.39 is 41.6 Å². The standard InChI is InChI=1S/C28H29F3N6O5/c1-4-18(16-32)8-9-19(14-22(38)35-10-12-42-13-11-35)24-23(25(39)41-3)17(2)36(26(33)37(24)27(34)40)21-7-5-6-20(15-21)28(29,30)31/h4-9,15,24,33H,1,10-14H2,2-3H3,(H2,34,40)/b18-8+,19-9+,33-26?/t24-/m1/s1. The Morgan fingerprint density at radius 3 is 2.48 bits per heavy atom. The van der Waals surface area contributed by atoms with Crippen molar-refractivity contribution in [3.63, 3.8) is 0 Å². The zero-order chi connectivity index (χ0) is 31.2. The number of amides is 3. The average molecular weight is 587 g/mol. The van der Waals surface area contributed by atoms with Crippen LogP contribution in [0.1, 0.15) is 18.9 Å². The van der Waals surface area contributed by atoms with Gasteiger partial charge in [-0.3, -0.25) is 20.0 Å². The minimum absolute atomic E-state index is 0.0356. The number of primary amides is 1. The third-order valence-corrected chi connectivity index (χ3v) is 6.67. The number of nitrogens with zero attached hydrogens (tertiary/aromatic N) is 4. The number of alkyl halides is 3. The molecule has 1 atom stereocenters. The first-order chi connectivity index (χ1) is 19.8. The molecule has 1 fully saturated rings. The highest BCUT2D eigenvalue weighted by atomic mass is 19.4. The number of carbonyl (C=O) groups excluding carboxylic acids is 3. The number of nitrogens with one attached hydrogen (secondary N) is 1. The number of hydrogen-bond donors (Lipinski definition) is 2. The minimum Gasteiger partial charge on any atom is -0.466 e. The number of carbonyl (C=O) groups is 3. The lowest BCUT2D eigenvalue weighted by atomic mass is 9.89. The monoisotopic (exact) mass is 586 g/mol. The fourth-order valence-electron chi connectivity index (χ4n) is 4.62. The molecule has 1 saturated heterocycles. The summed E-state index contributed by atoms with van der Waals surface area (Å²) in [5.41, 5.74) is 4.39. The number of urea groups is 1. The summed E-state index contributed by atoms with van der Waals surface area (Å²) >= 11 is 0. The molecule has 222 valence electrons. The first-order valence-electron chi connectivity index (χ1n) is 12.6. The number of morpholine rings is 1. The van der Waals surface area contributed by atoms with E-state index in [0.717, 1.165) is 30.2 Å². The molecule has 3 N–H and O–H groups in total. The molecule has 14 heteroatoms. The SMILES string of the molecule is C=C/C(C#N)=C\C=C(/CC(=O)N1CCOCC1)[C@@H]1C(C(=O)OC)=C(C)N(c2cccc(C(F)(F)F)c2)C(=N)N1C(N)=O. The molecule has 0 aliphatic carbocycles. The van der Waals surface area contributed by atoms with Crippen LogP contribution in [0, 0.1) is 16.7 Å². The van der Waals surface area contributed by atoms with Crippen LogP contribution in [0.15, 0.2) is 71.5 Å². The van der Waals surface area contributed by atoms with E-state index in [-0.39, 0.29) is 34.5 Å². The van der Waals surface area contributed by atoms with Crippen molar-refractivity contribution in [1.29, 1.82) is 10.7 Å². The Labute approximate surface area is 240 Å². The summed E-state index contributed by atoms with van der Waals surface area (Å²) in [5, 5.41) is 18.2. The number of hydrogen-bond acceptors (Lipinski definition) is 7. The summed E-state index contributed by atoms with van der Waals surface area (Å²) in [5.74, 6) is -2.05. The van der Waals surface area contributed by atoms with Gasteiger partial charge >= 0.3 is 18.2 Å². The van der Waals surface area contributed by atoms with Crippen molar-refractivity contribution in [2.45, 2.75) is 25.6 Å². The number of rotatable bonds is 7. The molecular weight excluding hydrogens is 557 g/mol. The number of nitrogens with two attached hydrogens (primary N) is 1. The largest absolute Gasteiger partial charge is 0.466 e. The van der Waals surface area contributed by atoms with Crippen molar-refractivity contribution >= 4 is 29.6 Å². The number of allylic oxidation sites excluding steroid dienone is 5. The van der Waals surface area contributed by atoms with Gasteiger partial charge in [-0.2, -0.15) is 18.4 Å². The van der Waals surface area contributed by atoms with Gasteiger partial charge in [0.05, 0.1) is 55.6 Å². The highest BCUT2D eigenvalue weighted by Crippen LogP contribution is 2.38. The van der Waals surface area contributed by atoms with Crippen LogP contribution in [0.2, 0.25) is 0 Å². The Morgan fingerprint density at radius 1 is 1.26 bits per heavy atom. The molecule has 3 amide bonds. The van der Waals surface area contributed by atoms with Gasteiger partial charge < -0.3 is 20.1 Å². The van der Waals surface area contributed by atoms with Gasteiger partial charge in [0, 0.05) is 24.5 Å². The third kappa shape index (κ3) is 6.69. The van der Waals surface area contributed by atoms with Crippen LogP contribution in [0.5, 0.6) is 0 Å². The molecule has 0 unspecified atom stereocenters. The van der Waals surface area contributed by atoms with Crippen molar-refractivity contribution in [2.75, 3.05) is 38.3 Å². The van der Waals surface area contributed by atoms with E-state index in [4.69, 9.17) is 20.6 Å². The summed E-state index contributed by atoms with van der Waals surface area (Å²) in [6.07, 6.45) is -1.16. The Morgan fingerprint density at radius 2 is 1.93 bits per heavy atom. The minimum atomic E-state index is -4.71. The lowest BCUT2D eigenvalue weighted by Crippen LogP contribution is -2.59. The first kappa shape index (κ1) is 31.6. The zero-order valence-electron chi connectivity index (χ0n) is 22.9. The Balaban J connectivity index is 2.29. The molecule has 2 heterocycles. The van der Waals surface area contributed by atoms with E-state index in [1.54, 1.807) is 0 Å². The lowest BCUT2D eigenvalue weighted by Gasteiger charge is -2.43. The second-order valence-electron chi connectivity index (χ2n) is 9.16. The molecule has 1 aromatic carbocycles. The number of anilines is 1. The van der Waals surface area contributed by atoms with Crippen LogP contribution < -0.4 is 10.6 Å². The normalized spacial score (nSPS) is 18.5. The Kier molecular flexibility index (Phi) is 9.92. The molecule has 2 aliphatic heterocycles. The number of guanidine groups is 1. The lowest BCUT2D eigenvalue weighted by molar-refractivity contribution is -0.138. The van der Waals surface area contributed by atoms with E-state index in [1.807, 2.05) is 6.07 Å². The second kappa shape index (κ2) is 13.2. The van der Waals surface area contributed by atoms with Crippen LogP contribution in [0.25, 0.3) is 0 Å². The third-order valence-electron chi connectivity index (χ3n) is 6.67. The molecule has 0 spiro atoms. The maximum Gasteiger partial charge on any atom is 0.416 e. The van der Waals surface area contributed by atoms with Gasteiger partial charge in [-0.1, -0.05) is 24.8 Å². The average Bonchev–Trinajstić information content (AvgIpc) is 2.96. The van der Waals surface area contributed by atoms with E-state index in [1.165, 1.54) is 36.1 Å². The van der Waals surface area contributed by atoms with E-state index >= 15 is 0 Å². The maximum absolute atomic E-state index is 13.5. The molecule has 0 aromatic heterocycles. The van der Waals surface area contributed by atoms with Crippen LogP contribution in [-0.2, 0) is 25.2 Å². The summed E-state index contributed by atoms with van der Waals surface area (Å²) in [6, 6.07) is 3.19. The van der Waals surface area contributed by atoms with Crippen LogP contribution in [0.4, 0.5) is 23.7 Å². The number of halogens is 3. The van der Waals surface area contributed by atoms with E-state index in [2.05, 4.69) is 6.58 Å². The van der Waals surface area contributed by atoms with Crippen molar-refractivity contribution in [3.8, 4) is 6.07 Å². The van der Waals surface area contributed by atoms with Crippen molar-refractivity contribution in [2.24, 2.45) is 5.73 Å². The topological polar surface area (TPSA) is 153 Å². The van der Waals surface area contributed by atoms with Gasteiger partial charge in [0.15, 0.2) is 0 Å². The molecule has 42 heavy (non-hydrogen) atoms. The van der Waals surface area contributed by atoms with Gasteiger partial charge in [0.25, 0.3) is 0 Å². The highest BCUT2D eigenvalue weighted by molar-refractivity contribution is 6.11. The first-order valence-corrected chi connectivity index (χ1v) is 12.6.